The molecule has 26 heavy (non-hydrogen) atoms. The molecule has 1 saturated heterocycles. The number of carbonyl (C=O) groups excluding carboxylic acids is 1. The lowest BCUT2D eigenvalue weighted by atomic mass is 10.0. The molecule has 1 aromatic carbocycles. The Hall–Kier alpha value is -2.51. The smallest absolute Gasteiger partial charge is 0.252 e. The summed E-state index contributed by atoms with van der Waals surface area (Å²) in [6.45, 7) is 3.24. The number of pyridine rings is 1. The van der Waals surface area contributed by atoms with Crippen LogP contribution in [0.1, 0.15) is 22.0 Å². The molecule has 0 spiro atoms. The van der Waals surface area contributed by atoms with Crippen molar-refractivity contribution in [2.75, 3.05) is 40.0 Å². The summed E-state index contributed by atoms with van der Waals surface area (Å²) in [5.74, 6) is -0.0256. The summed E-state index contributed by atoms with van der Waals surface area (Å²) in [6.07, 6.45) is 1.48. The second kappa shape index (κ2) is 8.73. The summed E-state index contributed by atoms with van der Waals surface area (Å²) >= 11 is 0. The number of benzene rings is 1. The van der Waals surface area contributed by atoms with Gasteiger partial charge in [0.25, 0.3) is 5.91 Å². The standard InChI is InChI=1S/C19H22FN3O3/c1-25-18-7-4-15(12-21-18)19(24)22-13-17(23-8-10-26-11-9-23)14-2-5-16(20)6-3-14/h2-7,12,17H,8-11,13H2,1H3,(H,22,24). The highest BCUT2D eigenvalue weighted by molar-refractivity contribution is 5.93. The van der Waals surface area contributed by atoms with E-state index in [2.05, 4.69) is 15.2 Å². The highest BCUT2D eigenvalue weighted by atomic mass is 19.1. The zero-order valence-corrected chi connectivity index (χ0v) is 14.7. The molecule has 0 saturated carbocycles. The third-order valence-electron chi connectivity index (χ3n) is 4.40. The number of halogens is 1. The maximum absolute atomic E-state index is 13.3. The van der Waals surface area contributed by atoms with E-state index in [0.717, 1.165) is 18.7 Å². The van der Waals surface area contributed by atoms with Crippen LogP contribution in [0.4, 0.5) is 4.39 Å². The first-order chi connectivity index (χ1) is 12.7. The van der Waals surface area contributed by atoms with E-state index in [9.17, 15) is 9.18 Å². The number of hydrogen-bond acceptors (Lipinski definition) is 5. The first-order valence-corrected chi connectivity index (χ1v) is 8.53. The third kappa shape index (κ3) is 4.56. The van der Waals surface area contributed by atoms with E-state index in [1.54, 1.807) is 24.3 Å². The van der Waals surface area contributed by atoms with Crippen LogP contribution in [0.3, 0.4) is 0 Å². The number of morpholine rings is 1. The van der Waals surface area contributed by atoms with Crippen molar-refractivity contribution in [1.29, 1.82) is 0 Å². The maximum Gasteiger partial charge on any atom is 0.252 e. The SMILES string of the molecule is COc1ccc(C(=O)NCC(c2ccc(F)cc2)N2CCOCC2)cn1. The fraction of sp³-hybridized carbons (Fsp3) is 0.368. The molecule has 2 heterocycles. The second-order valence-electron chi connectivity index (χ2n) is 6.01. The van der Waals surface area contributed by atoms with Crippen LogP contribution in [-0.2, 0) is 4.74 Å². The number of nitrogens with zero attached hydrogens (tertiary/aromatic N) is 2. The van der Waals surface area contributed by atoms with E-state index in [4.69, 9.17) is 9.47 Å². The van der Waals surface area contributed by atoms with Gasteiger partial charge in [-0.05, 0) is 23.8 Å². The van der Waals surface area contributed by atoms with Gasteiger partial charge in [-0.15, -0.1) is 0 Å². The first kappa shape index (κ1) is 18.3. The number of nitrogens with one attached hydrogen (secondary N) is 1. The number of aromatic nitrogens is 1. The Morgan fingerprint density at radius 1 is 1.27 bits per heavy atom. The summed E-state index contributed by atoms with van der Waals surface area (Å²) in [7, 11) is 1.53. The van der Waals surface area contributed by atoms with Gasteiger partial charge in [-0.3, -0.25) is 9.69 Å². The van der Waals surface area contributed by atoms with Gasteiger partial charge in [0.15, 0.2) is 0 Å². The van der Waals surface area contributed by atoms with Crippen molar-refractivity contribution >= 4 is 5.91 Å². The summed E-state index contributed by atoms with van der Waals surface area (Å²) in [5.41, 5.74) is 1.42. The number of hydrogen-bond donors (Lipinski definition) is 1. The predicted molar refractivity (Wildman–Crippen MR) is 94.7 cm³/mol. The Labute approximate surface area is 151 Å². The minimum Gasteiger partial charge on any atom is -0.481 e. The van der Waals surface area contributed by atoms with Gasteiger partial charge < -0.3 is 14.8 Å². The predicted octanol–water partition coefficient (Wildman–Crippen LogP) is 2.03. The van der Waals surface area contributed by atoms with Crippen molar-refractivity contribution in [1.82, 2.24) is 15.2 Å². The molecule has 0 aliphatic carbocycles. The van der Waals surface area contributed by atoms with E-state index in [0.29, 0.717) is 31.2 Å². The quantitative estimate of drug-likeness (QED) is 0.855. The molecule has 1 fully saturated rings. The Balaban J connectivity index is 1.70. The van der Waals surface area contributed by atoms with Gasteiger partial charge in [-0.2, -0.15) is 0 Å². The Kier molecular flexibility index (Phi) is 6.14. The molecule has 1 amide bonds. The van der Waals surface area contributed by atoms with Crippen LogP contribution in [0.25, 0.3) is 0 Å². The van der Waals surface area contributed by atoms with Gasteiger partial charge in [0.1, 0.15) is 5.82 Å². The van der Waals surface area contributed by atoms with Crippen molar-refractivity contribution < 1.29 is 18.7 Å². The van der Waals surface area contributed by atoms with Gasteiger partial charge in [-0.25, -0.2) is 9.37 Å². The van der Waals surface area contributed by atoms with Crippen LogP contribution >= 0.6 is 0 Å². The molecule has 6 nitrogen and oxygen atoms in total. The van der Waals surface area contributed by atoms with E-state index >= 15 is 0 Å². The fourth-order valence-corrected chi connectivity index (χ4v) is 2.96. The average molecular weight is 359 g/mol. The van der Waals surface area contributed by atoms with Gasteiger partial charge in [0.2, 0.25) is 5.88 Å². The third-order valence-corrected chi connectivity index (χ3v) is 4.40. The Morgan fingerprint density at radius 3 is 2.62 bits per heavy atom. The first-order valence-electron chi connectivity index (χ1n) is 8.53. The minimum absolute atomic E-state index is 0.0466. The van der Waals surface area contributed by atoms with Crippen LogP contribution in [-0.4, -0.2) is 55.7 Å². The van der Waals surface area contributed by atoms with E-state index in [-0.39, 0.29) is 17.8 Å². The van der Waals surface area contributed by atoms with Crippen molar-refractivity contribution in [2.24, 2.45) is 0 Å². The lowest BCUT2D eigenvalue weighted by Gasteiger charge is -2.35. The van der Waals surface area contributed by atoms with Gasteiger partial charge in [0.05, 0.1) is 31.9 Å². The van der Waals surface area contributed by atoms with Crippen LogP contribution in [0.2, 0.25) is 0 Å². The molecule has 1 atom stereocenters. The number of amides is 1. The van der Waals surface area contributed by atoms with E-state index in [1.165, 1.54) is 25.4 Å². The summed E-state index contributed by atoms with van der Waals surface area (Å²) in [4.78, 5) is 18.7. The van der Waals surface area contributed by atoms with Crippen LogP contribution in [0, 0.1) is 5.82 Å². The summed E-state index contributed by atoms with van der Waals surface area (Å²) in [5, 5.41) is 2.95. The van der Waals surface area contributed by atoms with Crippen molar-refractivity contribution in [3.63, 3.8) is 0 Å². The maximum atomic E-state index is 13.3. The monoisotopic (exact) mass is 359 g/mol. The molecule has 0 radical (unpaired) electrons. The molecule has 138 valence electrons. The molecule has 1 unspecified atom stereocenters. The Morgan fingerprint density at radius 2 is 2.00 bits per heavy atom. The van der Waals surface area contributed by atoms with Crippen LogP contribution in [0.5, 0.6) is 5.88 Å². The molecule has 7 heteroatoms. The number of methoxy groups -OCH3 is 1. The zero-order chi connectivity index (χ0) is 18.4. The lowest BCUT2D eigenvalue weighted by Crippen LogP contribution is -2.43. The van der Waals surface area contributed by atoms with Crippen molar-refractivity contribution in [3.8, 4) is 5.88 Å². The lowest BCUT2D eigenvalue weighted by molar-refractivity contribution is 0.0162. The topological polar surface area (TPSA) is 63.7 Å². The minimum atomic E-state index is -0.275. The zero-order valence-electron chi connectivity index (χ0n) is 14.7. The molecule has 1 N–H and O–H groups in total. The van der Waals surface area contributed by atoms with Crippen LogP contribution < -0.4 is 10.1 Å². The largest absolute Gasteiger partial charge is 0.481 e. The molecular weight excluding hydrogens is 337 g/mol. The van der Waals surface area contributed by atoms with E-state index in [1.807, 2.05) is 0 Å². The second-order valence-corrected chi connectivity index (χ2v) is 6.01. The Bertz CT molecular complexity index is 716. The molecule has 1 aromatic heterocycles. The van der Waals surface area contributed by atoms with E-state index < -0.39 is 0 Å². The van der Waals surface area contributed by atoms with Crippen molar-refractivity contribution in [2.45, 2.75) is 6.04 Å². The average Bonchev–Trinajstić information content (AvgIpc) is 2.70. The number of carbonyl (C=O) groups is 1. The molecule has 1 aliphatic rings. The number of ether oxygens (including phenoxy) is 2. The van der Waals surface area contributed by atoms with Crippen LogP contribution in [0.15, 0.2) is 42.6 Å². The molecule has 1 aliphatic heterocycles. The van der Waals surface area contributed by atoms with Gasteiger partial charge in [0, 0.05) is 31.9 Å². The highest BCUT2D eigenvalue weighted by Gasteiger charge is 2.23. The van der Waals surface area contributed by atoms with Gasteiger partial charge in [-0.1, -0.05) is 12.1 Å². The van der Waals surface area contributed by atoms with Crippen molar-refractivity contribution in [3.05, 3.63) is 59.5 Å². The molecule has 2 aromatic rings. The number of rotatable bonds is 6. The molecular formula is C19H22FN3O3. The normalized spacial score (nSPS) is 16.1. The summed E-state index contributed by atoms with van der Waals surface area (Å²) < 4.78 is 23.7. The van der Waals surface area contributed by atoms with Gasteiger partial charge >= 0.3 is 0 Å². The highest BCUT2D eigenvalue weighted by Crippen LogP contribution is 2.22. The fourth-order valence-electron chi connectivity index (χ4n) is 2.96. The molecule has 3 rings (SSSR count). The summed E-state index contributed by atoms with van der Waals surface area (Å²) in [6, 6.07) is 9.68. The molecule has 0 bridgehead atoms.